The van der Waals surface area contributed by atoms with Crippen LogP contribution in [0.2, 0.25) is 0 Å². The molecule has 0 unspecified atom stereocenters. The molecular formula is C13H25NO2. The van der Waals surface area contributed by atoms with Gasteiger partial charge in [0.25, 0.3) is 0 Å². The van der Waals surface area contributed by atoms with Gasteiger partial charge >= 0.3 is 6.09 Å². The molecule has 3 heteroatoms. The maximum absolute atomic E-state index is 12.0. The highest BCUT2D eigenvalue weighted by molar-refractivity contribution is 5.68. The average molecular weight is 227 g/mol. The first-order chi connectivity index (χ1) is 7.50. The molecule has 1 saturated carbocycles. The molecule has 0 spiro atoms. The van der Waals surface area contributed by atoms with Crippen molar-refractivity contribution in [2.75, 3.05) is 6.54 Å². The van der Waals surface area contributed by atoms with Gasteiger partial charge in [-0.1, -0.05) is 26.7 Å². The molecule has 0 aliphatic heterocycles. The molecule has 0 aromatic rings. The van der Waals surface area contributed by atoms with Crippen molar-refractivity contribution in [3.8, 4) is 0 Å². The second kappa shape index (κ2) is 6.12. The van der Waals surface area contributed by atoms with Gasteiger partial charge in [0.05, 0.1) is 6.10 Å². The van der Waals surface area contributed by atoms with Crippen LogP contribution in [0, 0.1) is 5.92 Å². The Morgan fingerprint density at radius 3 is 2.25 bits per heavy atom. The molecule has 1 fully saturated rings. The molecule has 0 bridgehead atoms. The minimum absolute atomic E-state index is 0.0245. The van der Waals surface area contributed by atoms with Crippen LogP contribution in [0.25, 0.3) is 0 Å². The van der Waals surface area contributed by atoms with E-state index in [1.165, 1.54) is 12.8 Å². The fourth-order valence-corrected chi connectivity index (χ4v) is 2.25. The number of carbonyl (C=O) groups excluding carboxylic acids is 1. The summed E-state index contributed by atoms with van der Waals surface area (Å²) in [5.41, 5.74) is 0. The molecule has 0 heterocycles. The molecule has 1 aliphatic carbocycles. The third-order valence-corrected chi connectivity index (χ3v) is 2.90. The Morgan fingerprint density at radius 2 is 1.81 bits per heavy atom. The number of carbonyl (C=O) groups is 1. The molecule has 1 rings (SSSR count). The molecule has 0 N–H and O–H groups in total. The van der Waals surface area contributed by atoms with Crippen LogP contribution in [0.1, 0.15) is 53.4 Å². The van der Waals surface area contributed by atoms with Crippen LogP contribution in [0.15, 0.2) is 0 Å². The molecule has 1 aliphatic rings. The Kier molecular flexibility index (Phi) is 5.10. The molecule has 94 valence electrons. The fourth-order valence-electron chi connectivity index (χ4n) is 2.25. The lowest BCUT2D eigenvalue weighted by Crippen LogP contribution is -2.42. The third-order valence-electron chi connectivity index (χ3n) is 2.90. The Balaban J connectivity index is 2.58. The van der Waals surface area contributed by atoms with Gasteiger partial charge in [-0.25, -0.2) is 4.79 Å². The van der Waals surface area contributed by atoms with Crippen LogP contribution in [0.5, 0.6) is 0 Å². The first-order valence-electron chi connectivity index (χ1n) is 6.48. The monoisotopic (exact) mass is 227 g/mol. The Hall–Kier alpha value is -0.730. The number of hydrogen-bond acceptors (Lipinski definition) is 2. The Bertz CT molecular complexity index is 220. The normalized spacial score (nSPS) is 17.1. The summed E-state index contributed by atoms with van der Waals surface area (Å²) in [5, 5.41) is 0. The number of amides is 1. The van der Waals surface area contributed by atoms with Crippen molar-refractivity contribution in [3.05, 3.63) is 0 Å². The van der Waals surface area contributed by atoms with Crippen LogP contribution in [-0.4, -0.2) is 29.7 Å². The molecule has 0 radical (unpaired) electrons. The lowest BCUT2D eigenvalue weighted by Gasteiger charge is -2.30. The van der Waals surface area contributed by atoms with Gasteiger partial charge in [0.15, 0.2) is 0 Å². The second-order valence-electron chi connectivity index (χ2n) is 5.42. The van der Waals surface area contributed by atoms with E-state index in [0.29, 0.717) is 12.0 Å². The van der Waals surface area contributed by atoms with E-state index in [4.69, 9.17) is 4.74 Å². The Labute approximate surface area is 99.1 Å². The van der Waals surface area contributed by atoms with Gasteiger partial charge in [0, 0.05) is 12.6 Å². The maximum Gasteiger partial charge on any atom is 0.410 e. The van der Waals surface area contributed by atoms with E-state index in [1.807, 2.05) is 18.7 Å². The summed E-state index contributed by atoms with van der Waals surface area (Å²) in [7, 11) is 0. The van der Waals surface area contributed by atoms with Crippen molar-refractivity contribution >= 4 is 6.09 Å². The van der Waals surface area contributed by atoms with Gasteiger partial charge in [-0.2, -0.15) is 0 Å². The lowest BCUT2D eigenvalue weighted by molar-refractivity contribution is 0.0595. The summed E-state index contributed by atoms with van der Waals surface area (Å²) in [6, 6.07) is 0.411. The number of nitrogens with zero attached hydrogens (tertiary/aromatic N) is 1. The molecule has 0 saturated heterocycles. The Morgan fingerprint density at radius 1 is 1.25 bits per heavy atom. The SMILES string of the molecule is CC(C)CN(C(=O)OC(C)C)C1CCCC1. The van der Waals surface area contributed by atoms with Crippen molar-refractivity contribution in [2.24, 2.45) is 5.92 Å². The highest BCUT2D eigenvalue weighted by Crippen LogP contribution is 2.25. The zero-order chi connectivity index (χ0) is 12.1. The number of hydrogen-bond donors (Lipinski definition) is 0. The van der Waals surface area contributed by atoms with Crippen LogP contribution < -0.4 is 0 Å². The molecule has 0 aromatic heterocycles. The maximum atomic E-state index is 12.0. The van der Waals surface area contributed by atoms with E-state index < -0.39 is 0 Å². The van der Waals surface area contributed by atoms with Crippen LogP contribution in [-0.2, 0) is 4.74 Å². The molecule has 16 heavy (non-hydrogen) atoms. The second-order valence-corrected chi connectivity index (χ2v) is 5.42. The summed E-state index contributed by atoms with van der Waals surface area (Å²) in [6.07, 6.45) is 4.61. The summed E-state index contributed by atoms with van der Waals surface area (Å²) in [5.74, 6) is 0.500. The number of ether oxygens (including phenoxy) is 1. The quantitative estimate of drug-likeness (QED) is 0.736. The minimum atomic E-state index is -0.129. The molecule has 1 amide bonds. The summed E-state index contributed by atoms with van der Waals surface area (Å²) in [6.45, 7) is 8.91. The lowest BCUT2D eigenvalue weighted by atomic mass is 10.1. The first-order valence-corrected chi connectivity index (χ1v) is 6.48. The largest absolute Gasteiger partial charge is 0.447 e. The van der Waals surface area contributed by atoms with E-state index in [2.05, 4.69) is 13.8 Å². The minimum Gasteiger partial charge on any atom is -0.447 e. The zero-order valence-corrected chi connectivity index (χ0v) is 11.0. The van der Waals surface area contributed by atoms with Crippen molar-refractivity contribution < 1.29 is 9.53 Å². The molecule has 0 atom stereocenters. The smallest absolute Gasteiger partial charge is 0.410 e. The molecular weight excluding hydrogens is 202 g/mol. The van der Waals surface area contributed by atoms with Crippen molar-refractivity contribution in [1.82, 2.24) is 4.90 Å². The van der Waals surface area contributed by atoms with E-state index in [-0.39, 0.29) is 12.2 Å². The van der Waals surface area contributed by atoms with Gasteiger partial charge in [-0.15, -0.1) is 0 Å². The van der Waals surface area contributed by atoms with Crippen molar-refractivity contribution in [3.63, 3.8) is 0 Å². The molecule has 3 nitrogen and oxygen atoms in total. The molecule has 0 aromatic carbocycles. The van der Waals surface area contributed by atoms with E-state index in [0.717, 1.165) is 19.4 Å². The average Bonchev–Trinajstić information content (AvgIpc) is 2.64. The van der Waals surface area contributed by atoms with Gasteiger partial charge in [-0.3, -0.25) is 0 Å². The zero-order valence-electron chi connectivity index (χ0n) is 11.0. The van der Waals surface area contributed by atoms with Gasteiger partial charge in [0.2, 0.25) is 0 Å². The highest BCUT2D eigenvalue weighted by atomic mass is 16.6. The standard InChI is InChI=1S/C13H25NO2/c1-10(2)9-14(12-7-5-6-8-12)13(15)16-11(3)4/h10-12H,5-9H2,1-4H3. The van der Waals surface area contributed by atoms with E-state index >= 15 is 0 Å². The highest BCUT2D eigenvalue weighted by Gasteiger charge is 2.28. The topological polar surface area (TPSA) is 29.5 Å². The first kappa shape index (κ1) is 13.3. The van der Waals surface area contributed by atoms with Gasteiger partial charge < -0.3 is 9.64 Å². The van der Waals surface area contributed by atoms with Crippen molar-refractivity contribution in [2.45, 2.75) is 65.5 Å². The third kappa shape index (κ3) is 4.03. The van der Waals surface area contributed by atoms with E-state index in [9.17, 15) is 4.79 Å². The van der Waals surface area contributed by atoms with Crippen LogP contribution >= 0.6 is 0 Å². The van der Waals surface area contributed by atoms with Gasteiger partial charge in [-0.05, 0) is 32.6 Å². The summed E-state index contributed by atoms with van der Waals surface area (Å²) in [4.78, 5) is 13.9. The van der Waals surface area contributed by atoms with Crippen molar-refractivity contribution in [1.29, 1.82) is 0 Å². The van der Waals surface area contributed by atoms with E-state index in [1.54, 1.807) is 0 Å². The predicted octanol–water partition coefficient (Wildman–Crippen LogP) is 3.43. The predicted molar refractivity (Wildman–Crippen MR) is 65.4 cm³/mol. The summed E-state index contributed by atoms with van der Waals surface area (Å²) < 4.78 is 5.31. The summed E-state index contributed by atoms with van der Waals surface area (Å²) >= 11 is 0. The van der Waals surface area contributed by atoms with Crippen LogP contribution in [0.4, 0.5) is 4.79 Å². The fraction of sp³-hybridized carbons (Fsp3) is 0.923. The van der Waals surface area contributed by atoms with Crippen LogP contribution in [0.3, 0.4) is 0 Å². The number of rotatable bonds is 4. The van der Waals surface area contributed by atoms with Gasteiger partial charge in [0.1, 0.15) is 0 Å².